The Bertz CT molecular complexity index is 1230. The second-order valence-corrected chi connectivity index (χ2v) is 6.53. The van der Waals surface area contributed by atoms with Gasteiger partial charge in [-0.05, 0) is 24.3 Å². The monoisotopic (exact) mass is 388 g/mol. The average molecular weight is 388 g/mol. The first-order valence-corrected chi connectivity index (χ1v) is 8.85. The van der Waals surface area contributed by atoms with Crippen molar-refractivity contribution in [3.63, 3.8) is 0 Å². The summed E-state index contributed by atoms with van der Waals surface area (Å²) in [5.74, 6) is -1.65. The summed E-state index contributed by atoms with van der Waals surface area (Å²) in [6.45, 7) is 0.546. The van der Waals surface area contributed by atoms with Gasteiger partial charge in [-0.3, -0.25) is 4.79 Å². The number of hydrogen-bond acceptors (Lipinski definition) is 5. The highest BCUT2D eigenvalue weighted by molar-refractivity contribution is 6.15. The zero-order valence-electron chi connectivity index (χ0n) is 15.5. The van der Waals surface area contributed by atoms with E-state index in [9.17, 15) is 14.7 Å². The first-order chi connectivity index (χ1) is 14.0. The van der Waals surface area contributed by atoms with Gasteiger partial charge in [-0.1, -0.05) is 23.4 Å². The quantitative estimate of drug-likeness (QED) is 0.666. The number of aryl methyl sites for hydroxylation is 1. The third kappa shape index (κ3) is 3.08. The number of nitriles is 1. The Morgan fingerprint density at radius 1 is 1.28 bits per heavy atom. The molecule has 1 aliphatic heterocycles. The average Bonchev–Trinajstić information content (AvgIpc) is 3.10. The molecule has 2 N–H and O–H groups in total. The Balaban J connectivity index is 1.76. The van der Waals surface area contributed by atoms with Crippen LogP contribution in [0.3, 0.4) is 0 Å². The van der Waals surface area contributed by atoms with Crippen molar-refractivity contribution in [1.29, 1.82) is 5.26 Å². The van der Waals surface area contributed by atoms with Crippen molar-refractivity contribution in [3.8, 4) is 6.07 Å². The summed E-state index contributed by atoms with van der Waals surface area (Å²) in [5, 5.41) is 26.0. The predicted octanol–water partition coefficient (Wildman–Crippen LogP) is 3.22. The van der Waals surface area contributed by atoms with Gasteiger partial charge in [-0.2, -0.15) is 5.26 Å². The molecular weight excluding hydrogens is 372 g/mol. The van der Waals surface area contributed by atoms with E-state index < -0.39 is 11.9 Å². The number of hydrogen-bond donors (Lipinski definition) is 2. The summed E-state index contributed by atoms with van der Waals surface area (Å²) >= 11 is 0. The molecule has 0 radical (unpaired) electrons. The molecule has 0 unspecified atom stereocenters. The molecule has 0 spiro atoms. The van der Waals surface area contributed by atoms with Crippen molar-refractivity contribution in [2.45, 2.75) is 13.0 Å². The molecule has 0 saturated carbocycles. The number of anilines is 1. The van der Waals surface area contributed by atoms with Crippen LogP contribution in [0, 0.1) is 11.3 Å². The number of nitrogens with one attached hydrogen (secondary N) is 1. The molecule has 0 aliphatic carbocycles. The molecule has 1 amide bonds. The molecule has 1 aromatic heterocycles. The number of carboxylic acids is 1. The van der Waals surface area contributed by atoms with Gasteiger partial charge >= 0.3 is 5.97 Å². The van der Waals surface area contributed by atoms with Crippen LogP contribution in [0.25, 0.3) is 10.9 Å². The number of oxime groups is 1. The molecule has 29 heavy (non-hydrogen) atoms. The number of aromatic carboxylic acids is 1. The topological polar surface area (TPSA) is 117 Å². The Morgan fingerprint density at radius 3 is 2.83 bits per heavy atom. The first-order valence-electron chi connectivity index (χ1n) is 8.85. The number of benzene rings is 2. The number of carboxylic acid groups (broad SMARTS) is 1. The van der Waals surface area contributed by atoms with Gasteiger partial charge in [0.15, 0.2) is 0 Å². The van der Waals surface area contributed by atoms with Crippen molar-refractivity contribution in [2.24, 2.45) is 5.16 Å². The molecule has 0 atom stereocenters. The van der Waals surface area contributed by atoms with Crippen LogP contribution in [0.4, 0.5) is 5.69 Å². The number of nitrogens with zero attached hydrogens (tertiary/aromatic N) is 3. The van der Waals surface area contributed by atoms with Gasteiger partial charge in [0.1, 0.15) is 12.8 Å². The Hall–Kier alpha value is -4.12. The molecule has 2 heterocycles. The Labute approximate surface area is 165 Å². The number of carbonyl (C=O) groups is 2. The van der Waals surface area contributed by atoms with Crippen molar-refractivity contribution in [2.75, 3.05) is 12.4 Å². The van der Waals surface area contributed by atoms with Crippen LogP contribution in [0.15, 0.2) is 47.6 Å². The Kier molecular flexibility index (Phi) is 4.49. The third-order valence-electron chi connectivity index (χ3n) is 4.86. The van der Waals surface area contributed by atoms with Crippen LogP contribution in [0.2, 0.25) is 0 Å². The van der Waals surface area contributed by atoms with Crippen LogP contribution >= 0.6 is 0 Å². The van der Waals surface area contributed by atoms with Gasteiger partial charge in [0.25, 0.3) is 5.91 Å². The zero-order valence-corrected chi connectivity index (χ0v) is 15.5. The van der Waals surface area contributed by atoms with E-state index in [-0.39, 0.29) is 16.8 Å². The van der Waals surface area contributed by atoms with Crippen molar-refractivity contribution >= 4 is 34.2 Å². The number of aromatic nitrogens is 1. The summed E-state index contributed by atoms with van der Waals surface area (Å²) in [6, 6.07) is 13.5. The normalized spacial score (nSPS) is 13.9. The lowest BCUT2D eigenvalue weighted by atomic mass is 10.0. The first kappa shape index (κ1) is 18.3. The molecule has 2 aromatic carbocycles. The van der Waals surface area contributed by atoms with Crippen LogP contribution in [-0.2, 0) is 11.4 Å². The van der Waals surface area contributed by atoms with Crippen molar-refractivity contribution < 1.29 is 19.5 Å². The smallest absolute Gasteiger partial charge is 0.337 e. The lowest BCUT2D eigenvalue weighted by Crippen LogP contribution is -2.22. The molecule has 0 fully saturated rings. The largest absolute Gasteiger partial charge is 0.478 e. The molecule has 8 heteroatoms. The van der Waals surface area contributed by atoms with Crippen molar-refractivity contribution in [3.05, 3.63) is 64.8 Å². The van der Waals surface area contributed by atoms with Crippen LogP contribution in [0.5, 0.6) is 0 Å². The van der Waals surface area contributed by atoms with E-state index in [2.05, 4.69) is 10.5 Å². The minimum absolute atomic E-state index is 0.136. The number of amides is 1. The zero-order chi connectivity index (χ0) is 20.5. The minimum Gasteiger partial charge on any atom is -0.478 e. The minimum atomic E-state index is -1.22. The second-order valence-electron chi connectivity index (χ2n) is 6.53. The molecule has 1 aliphatic rings. The molecule has 3 aromatic rings. The standard InChI is InChI=1S/C21H16N4O4/c1-29-24-17-7-8-25-18(10-13-3-2-4-14(17)19(13)25)20(26)23-16-6-5-12(11-22)9-15(16)21(27)28/h2-6,9-10H,7-8H2,1H3,(H,23,26)(H,27,28)/b24-17+. The highest BCUT2D eigenvalue weighted by Crippen LogP contribution is 2.30. The maximum absolute atomic E-state index is 13.0. The van der Waals surface area contributed by atoms with Gasteiger partial charge in [0, 0.05) is 23.9 Å². The van der Waals surface area contributed by atoms with Crippen LogP contribution < -0.4 is 5.32 Å². The lowest BCUT2D eigenvalue weighted by molar-refractivity contribution is 0.0698. The highest BCUT2D eigenvalue weighted by Gasteiger charge is 2.25. The van der Waals surface area contributed by atoms with E-state index in [0.29, 0.717) is 18.7 Å². The molecule has 144 valence electrons. The van der Waals surface area contributed by atoms with Crippen molar-refractivity contribution in [1.82, 2.24) is 4.57 Å². The summed E-state index contributed by atoms with van der Waals surface area (Å²) in [7, 11) is 1.50. The van der Waals surface area contributed by atoms with E-state index in [1.165, 1.54) is 25.3 Å². The molecule has 0 bridgehead atoms. The summed E-state index contributed by atoms with van der Waals surface area (Å²) in [6.07, 6.45) is 0.603. The fraction of sp³-hybridized carbons (Fsp3) is 0.143. The molecule has 0 saturated heterocycles. The van der Waals surface area contributed by atoms with Gasteiger partial charge in [0.2, 0.25) is 0 Å². The van der Waals surface area contributed by atoms with E-state index in [4.69, 9.17) is 10.1 Å². The second kappa shape index (κ2) is 7.13. The Morgan fingerprint density at radius 2 is 2.10 bits per heavy atom. The van der Waals surface area contributed by atoms with Gasteiger partial charge in [-0.15, -0.1) is 0 Å². The number of rotatable bonds is 4. The van der Waals surface area contributed by atoms with Gasteiger partial charge in [0.05, 0.1) is 34.1 Å². The van der Waals surface area contributed by atoms with Gasteiger partial charge in [-0.25, -0.2) is 4.79 Å². The van der Waals surface area contributed by atoms with Crippen LogP contribution in [-0.4, -0.2) is 34.4 Å². The predicted molar refractivity (Wildman–Crippen MR) is 106 cm³/mol. The summed E-state index contributed by atoms with van der Waals surface area (Å²) in [5.41, 5.74) is 3.23. The molecule has 4 rings (SSSR count). The van der Waals surface area contributed by atoms with E-state index in [1.54, 1.807) is 6.07 Å². The molecule has 8 nitrogen and oxygen atoms in total. The van der Waals surface area contributed by atoms with Gasteiger partial charge < -0.3 is 19.8 Å². The fourth-order valence-electron chi connectivity index (χ4n) is 3.62. The van der Waals surface area contributed by atoms with E-state index in [1.807, 2.05) is 28.8 Å². The summed E-state index contributed by atoms with van der Waals surface area (Å²) < 4.78 is 1.90. The number of carbonyl (C=O) groups excluding carboxylic acids is 1. The van der Waals surface area contributed by atoms with Crippen LogP contribution in [0.1, 0.15) is 38.4 Å². The fourth-order valence-corrected chi connectivity index (χ4v) is 3.62. The summed E-state index contributed by atoms with van der Waals surface area (Å²) in [4.78, 5) is 29.5. The SMILES string of the molecule is CO/N=C1\CCn2c(C(=O)Nc3ccc(C#N)cc3C(=O)O)cc3cccc1c32. The third-order valence-corrected chi connectivity index (χ3v) is 4.86. The molecular formula is C21H16N4O4. The number of para-hydroxylation sites is 1. The maximum atomic E-state index is 13.0. The van der Waals surface area contributed by atoms with E-state index >= 15 is 0 Å². The lowest BCUT2D eigenvalue weighted by Gasteiger charge is -2.19. The van der Waals surface area contributed by atoms with E-state index in [0.717, 1.165) is 22.2 Å². The highest BCUT2D eigenvalue weighted by atomic mass is 16.6. The maximum Gasteiger partial charge on any atom is 0.337 e.